The van der Waals surface area contributed by atoms with Crippen LogP contribution in [0.2, 0.25) is 0 Å². The molecule has 18 heavy (non-hydrogen) atoms. The third-order valence-electron chi connectivity index (χ3n) is 2.45. The summed E-state index contributed by atoms with van der Waals surface area (Å²) in [7, 11) is 3.49. The average molecular weight is 255 g/mol. The Balaban J connectivity index is 2.82. The highest BCUT2D eigenvalue weighted by molar-refractivity contribution is 5.48. The fourth-order valence-electron chi connectivity index (χ4n) is 1.44. The summed E-state index contributed by atoms with van der Waals surface area (Å²) in [4.78, 5) is 10.5. The number of nitrogens with one attached hydrogen (secondary N) is 1. The van der Waals surface area contributed by atoms with Crippen LogP contribution in [-0.4, -0.2) is 41.9 Å². The lowest BCUT2D eigenvalue weighted by Gasteiger charge is -2.20. The van der Waals surface area contributed by atoms with E-state index in [0.717, 1.165) is 5.82 Å². The van der Waals surface area contributed by atoms with E-state index in [1.807, 2.05) is 11.9 Å². The first-order chi connectivity index (χ1) is 8.56. The Kier molecular flexibility index (Phi) is 5.76. The van der Waals surface area contributed by atoms with Gasteiger partial charge >= 0.3 is 0 Å². The zero-order valence-electron chi connectivity index (χ0n) is 11.1. The number of nitrogens with zero attached hydrogens (tertiary/aromatic N) is 3. The number of rotatable bonds is 7. The fourth-order valence-corrected chi connectivity index (χ4v) is 1.44. The zero-order chi connectivity index (χ0) is 13.5. The Morgan fingerprint density at radius 2 is 2.28 bits per heavy atom. The molecular weight excluding hydrogens is 234 g/mol. The van der Waals surface area contributed by atoms with E-state index in [0.29, 0.717) is 31.2 Å². The second-order valence-corrected chi connectivity index (χ2v) is 4.16. The molecule has 0 aliphatic carbocycles. The highest BCUT2D eigenvalue weighted by Gasteiger charge is 2.09. The highest BCUT2D eigenvalue weighted by Crippen LogP contribution is 2.15. The van der Waals surface area contributed by atoms with Crippen molar-refractivity contribution in [3.05, 3.63) is 11.9 Å². The minimum atomic E-state index is -0.333. The minimum Gasteiger partial charge on any atom is -0.393 e. The van der Waals surface area contributed by atoms with Crippen molar-refractivity contribution in [2.24, 2.45) is 5.84 Å². The van der Waals surface area contributed by atoms with E-state index in [9.17, 15) is 5.11 Å². The second kappa shape index (κ2) is 7.10. The van der Waals surface area contributed by atoms with Gasteiger partial charge in [-0.15, -0.1) is 0 Å². The molecule has 7 nitrogen and oxygen atoms in total. The van der Waals surface area contributed by atoms with Crippen LogP contribution in [0.4, 0.5) is 11.6 Å². The molecule has 0 fully saturated rings. The molecule has 0 aliphatic rings. The van der Waals surface area contributed by atoms with Gasteiger partial charge in [-0.05, 0) is 13.3 Å². The number of ether oxygens (including phenoxy) is 1. The molecule has 1 aromatic heterocycles. The molecule has 1 rings (SSSR count). The van der Waals surface area contributed by atoms with Crippen molar-refractivity contribution in [1.29, 1.82) is 0 Å². The van der Waals surface area contributed by atoms with Crippen LogP contribution in [0.5, 0.6) is 0 Å². The lowest BCUT2D eigenvalue weighted by atomic mass is 10.3. The normalized spacial score (nSPS) is 12.3. The van der Waals surface area contributed by atoms with Crippen LogP contribution < -0.4 is 16.2 Å². The van der Waals surface area contributed by atoms with Crippen molar-refractivity contribution >= 4 is 11.6 Å². The Bertz CT molecular complexity index is 372. The quantitative estimate of drug-likeness (QED) is 0.470. The van der Waals surface area contributed by atoms with E-state index in [1.165, 1.54) is 0 Å². The number of hydrogen-bond acceptors (Lipinski definition) is 7. The van der Waals surface area contributed by atoms with Crippen LogP contribution in [-0.2, 0) is 11.3 Å². The Labute approximate surface area is 107 Å². The number of aromatic nitrogens is 2. The van der Waals surface area contributed by atoms with Gasteiger partial charge in [0.1, 0.15) is 18.2 Å². The van der Waals surface area contributed by atoms with E-state index in [-0.39, 0.29) is 6.10 Å². The molecule has 0 saturated heterocycles. The average Bonchev–Trinajstić information content (AvgIpc) is 2.35. The summed E-state index contributed by atoms with van der Waals surface area (Å²) in [5.41, 5.74) is 2.50. The summed E-state index contributed by atoms with van der Waals surface area (Å²) < 4.78 is 5.01. The maximum absolute atomic E-state index is 9.28. The molecule has 1 heterocycles. The molecule has 1 atom stereocenters. The van der Waals surface area contributed by atoms with Gasteiger partial charge in [-0.1, -0.05) is 0 Å². The summed E-state index contributed by atoms with van der Waals surface area (Å²) >= 11 is 0. The van der Waals surface area contributed by atoms with Gasteiger partial charge in [-0.3, -0.25) is 0 Å². The van der Waals surface area contributed by atoms with Crippen LogP contribution in [0.15, 0.2) is 6.07 Å². The number of methoxy groups -OCH3 is 1. The summed E-state index contributed by atoms with van der Waals surface area (Å²) in [6, 6.07) is 1.75. The summed E-state index contributed by atoms with van der Waals surface area (Å²) in [5, 5.41) is 9.28. The Morgan fingerprint density at radius 1 is 1.56 bits per heavy atom. The monoisotopic (exact) mass is 255 g/mol. The summed E-state index contributed by atoms with van der Waals surface area (Å²) in [5.74, 6) is 7.21. The molecule has 7 heteroatoms. The maximum Gasteiger partial charge on any atom is 0.158 e. The van der Waals surface area contributed by atoms with Gasteiger partial charge in [-0.2, -0.15) is 0 Å². The topological polar surface area (TPSA) is 96.5 Å². The Hall–Kier alpha value is -1.44. The molecule has 1 aromatic rings. The van der Waals surface area contributed by atoms with E-state index in [4.69, 9.17) is 10.6 Å². The standard InChI is InChI=1S/C11H21N5O2/c1-8(17)4-5-16(2)11-6-9(15-12)13-10(14-11)7-18-3/h6,8,17H,4-5,7,12H2,1-3H3,(H,13,14,15). The molecule has 0 aliphatic heterocycles. The molecule has 1 unspecified atom stereocenters. The zero-order valence-corrected chi connectivity index (χ0v) is 11.1. The Morgan fingerprint density at radius 3 is 2.83 bits per heavy atom. The highest BCUT2D eigenvalue weighted by atomic mass is 16.5. The summed E-state index contributed by atoms with van der Waals surface area (Å²) in [6.45, 7) is 2.79. The number of aliphatic hydroxyl groups is 1. The third-order valence-corrected chi connectivity index (χ3v) is 2.45. The van der Waals surface area contributed by atoms with E-state index in [1.54, 1.807) is 20.1 Å². The van der Waals surface area contributed by atoms with Gasteiger partial charge in [0, 0.05) is 26.8 Å². The van der Waals surface area contributed by atoms with Gasteiger partial charge < -0.3 is 20.2 Å². The van der Waals surface area contributed by atoms with Gasteiger partial charge in [0.25, 0.3) is 0 Å². The number of hydrogen-bond donors (Lipinski definition) is 3. The van der Waals surface area contributed by atoms with Gasteiger partial charge in [-0.25, -0.2) is 15.8 Å². The molecule has 102 valence electrons. The lowest BCUT2D eigenvalue weighted by Crippen LogP contribution is -2.24. The first-order valence-corrected chi connectivity index (χ1v) is 5.79. The first-order valence-electron chi connectivity index (χ1n) is 5.79. The van der Waals surface area contributed by atoms with E-state index in [2.05, 4.69) is 15.4 Å². The van der Waals surface area contributed by atoms with E-state index < -0.39 is 0 Å². The van der Waals surface area contributed by atoms with Crippen molar-refractivity contribution in [3.63, 3.8) is 0 Å². The van der Waals surface area contributed by atoms with Crippen molar-refractivity contribution in [3.8, 4) is 0 Å². The van der Waals surface area contributed by atoms with E-state index >= 15 is 0 Å². The summed E-state index contributed by atoms with van der Waals surface area (Å²) in [6.07, 6.45) is 0.339. The van der Waals surface area contributed by atoms with Crippen molar-refractivity contribution < 1.29 is 9.84 Å². The number of hydrazine groups is 1. The SMILES string of the molecule is COCc1nc(NN)cc(N(C)CCC(C)O)n1. The van der Waals surface area contributed by atoms with Crippen molar-refractivity contribution in [2.45, 2.75) is 26.1 Å². The minimum absolute atomic E-state index is 0.326. The van der Waals surface area contributed by atoms with Crippen LogP contribution in [0, 0.1) is 0 Å². The predicted octanol–water partition coefficient (Wildman–Crippen LogP) is 0.116. The fraction of sp³-hybridized carbons (Fsp3) is 0.636. The van der Waals surface area contributed by atoms with Crippen LogP contribution in [0.3, 0.4) is 0 Å². The van der Waals surface area contributed by atoms with Gasteiger partial charge in [0.2, 0.25) is 0 Å². The number of nitrogen functional groups attached to an aromatic ring is 1. The molecule has 0 bridgehead atoms. The van der Waals surface area contributed by atoms with Gasteiger partial charge in [0.05, 0.1) is 6.10 Å². The predicted molar refractivity (Wildman–Crippen MR) is 70.1 cm³/mol. The molecule has 0 amide bonds. The maximum atomic E-state index is 9.28. The lowest BCUT2D eigenvalue weighted by molar-refractivity contribution is 0.178. The molecule has 0 radical (unpaired) electrons. The largest absolute Gasteiger partial charge is 0.393 e. The number of anilines is 2. The third kappa shape index (κ3) is 4.44. The molecular formula is C11H21N5O2. The number of aliphatic hydroxyl groups excluding tert-OH is 1. The molecule has 0 aromatic carbocycles. The molecule has 0 saturated carbocycles. The van der Waals surface area contributed by atoms with Crippen LogP contribution in [0.25, 0.3) is 0 Å². The van der Waals surface area contributed by atoms with Crippen LogP contribution >= 0.6 is 0 Å². The van der Waals surface area contributed by atoms with Gasteiger partial charge in [0.15, 0.2) is 5.82 Å². The first kappa shape index (κ1) is 14.6. The smallest absolute Gasteiger partial charge is 0.158 e. The second-order valence-electron chi connectivity index (χ2n) is 4.16. The molecule has 0 spiro atoms. The van der Waals surface area contributed by atoms with Crippen molar-refractivity contribution in [1.82, 2.24) is 9.97 Å². The van der Waals surface area contributed by atoms with Crippen LogP contribution in [0.1, 0.15) is 19.2 Å². The molecule has 4 N–H and O–H groups in total. The number of nitrogens with two attached hydrogens (primary N) is 1. The van der Waals surface area contributed by atoms with Crippen molar-refractivity contribution in [2.75, 3.05) is 31.0 Å².